The highest BCUT2D eigenvalue weighted by Gasteiger charge is 2.33. The predicted octanol–water partition coefficient (Wildman–Crippen LogP) is 2.85. The molecule has 4 nitrogen and oxygen atoms in total. The Bertz CT molecular complexity index is 473. The van der Waals surface area contributed by atoms with E-state index in [1.807, 2.05) is 0 Å². The molecule has 1 rings (SSSR count). The molecule has 0 unspecified atom stereocenters. The molecule has 112 valence electrons. The molecular formula is C13H17F3N2O2. The van der Waals surface area contributed by atoms with Crippen LogP contribution in [0.5, 0.6) is 0 Å². The molecule has 0 aliphatic heterocycles. The van der Waals surface area contributed by atoms with Crippen molar-refractivity contribution >= 4 is 11.7 Å². The van der Waals surface area contributed by atoms with Crippen molar-refractivity contribution in [3.05, 3.63) is 29.8 Å². The SMILES string of the molecule is CC(C)(CO)CNC(=O)Nc1ccccc1C(F)(F)F. The van der Waals surface area contributed by atoms with Gasteiger partial charge in [0.25, 0.3) is 0 Å². The van der Waals surface area contributed by atoms with E-state index in [1.54, 1.807) is 13.8 Å². The van der Waals surface area contributed by atoms with Crippen LogP contribution in [0.4, 0.5) is 23.7 Å². The van der Waals surface area contributed by atoms with Crippen LogP contribution in [-0.2, 0) is 6.18 Å². The van der Waals surface area contributed by atoms with E-state index in [2.05, 4.69) is 10.6 Å². The number of hydrogen-bond acceptors (Lipinski definition) is 2. The third-order valence-corrected chi connectivity index (χ3v) is 2.64. The average Bonchev–Trinajstić information content (AvgIpc) is 2.36. The lowest BCUT2D eigenvalue weighted by Crippen LogP contribution is -2.38. The third kappa shape index (κ3) is 4.73. The monoisotopic (exact) mass is 290 g/mol. The number of hydrogen-bond donors (Lipinski definition) is 3. The average molecular weight is 290 g/mol. The minimum Gasteiger partial charge on any atom is -0.396 e. The number of para-hydroxylation sites is 1. The normalized spacial score (nSPS) is 12.1. The van der Waals surface area contributed by atoms with Crippen LogP contribution in [0.2, 0.25) is 0 Å². The molecule has 0 spiro atoms. The van der Waals surface area contributed by atoms with Crippen molar-refractivity contribution in [1.82, 2.24) is 5.32 Å². The van der Waals surface area contributed by atoms with Crippen molar-refractivity contribution < 1.29 is 23.1 Å². The Balaban J connectivity index is 2.72. The van der Waals surface area contributed by atoms with E-state index in [4.69, 9.17) is 5.11 Å². The van der Waals surface area contributed by atoms with Crippen LogP contribution in [0.25, 0.3) is 0 Å². The smallest absolute Gasteiger partial charge is 0.396 e. The molecule has 0 aromatic heterocycles. The highest BCUT2D eigenvalue weighted by atomic mass is 19.4. The van der Waals surface area contributed by atoms with E-state index in [1.165, 1.54) is 18.2 Å². The van der Waals surface area contributed by atoms with E-state index in [9.17, 15) is 18.0 Å². The molecule has 1 aromatic carbocycles. The molecule has 20 heavy (non-hydrogen) atoms. The maximum Gasteiger partial charge on any atom is 0.418 e. The van der Waals surface area contributed by atoms with Crippen molar-refractivity contribution in [1.29, 1.82) is 0 Å². The molecule has 0 fully saturated rings. The number of aliphatic hydroxyl groups is 1. The van der Waals surface area contributed by atoms with Crippen molar-refractivity contribution in [2.24, 2.45) is 5.41 Å². The van der Waals surface area contributed by atoms with Gasteiger partial charge in [-0.3, -0.25) is 0 Å². The van der Waals surface area contributed by atoms with Gasteiger partial charge in [0.2, 0.25) is 0 Å². The van der Waals surface area contributed by atoms with Gasteiger partial charge in [0.05, 0.1) is 11.3 Å². The summed E-state index contributed by atoms with van der Waals surface area (Å²) in [7, 11) is 0. The summed E-state index contributed by atoms with van der Waals surface area (Å²) in [6.07, 6.45) is -4.53. The fraction of sp³-hybridized carbons (Fsp3) is 0.462. The van der Waals surface area contributed by atoms with E-state index in [0.717, 1.165) is 6.07 Å². The Hall–Kier alpha value is -1.76. The first-order valence-electron chi connectivity index (χ1n) is 5.98. The Labute approximate surface area is 115 Å². The number of carbonyl (C=O) groups is 1. The highest BCUT2D eigenvalue weighted by molar-refractivity contribution is 5.90. The zero-order chi connectivity index (χ0) is 15.4. The number of aliphatic hydroxyl groups excluding tert-OH is 1. The minimum absolute atomic E-state index is 0.142. The van der Waals surface area contributed by atoms with Crippen molar-refractivity contribution in [3.8, 4) is 0 Å². The van der Waals surface area contributed by atoms with Crippen LogP contribution in [0.15, 0.2) is 24.3 Å². The number of alkyl halides is 3. The summed E-state index contributed by atoms with van der Waals surface area (Å²) in [6.45, 7) is 3.43. The molecule has 0 bridgehead atoms. The Morgan fingerprint density at radius 1 is 1.25 bits per heavy atom. The fourth-order valence-corrected chi connectivity index (χ4v) is 1.38. The third-order valence-electron chi connectivity index (χ3n) is 2.64. The molecule has 0 saturated carbocycles. The molecule has 0 aliphatic rings. The van der Waals surface area contributed by atoms with Crippen molar-refractivity contribution in [2.75, 3.05) is 18.5 Å². The number of nitrogens with one attached hydrogen (secondary N) is 2. The molecule has 0 heterocycles. The summed E-state index contributed by atoms with van der Waals surface area (Å²) in [5.74, 6) is 0. The van der Waals surface area contributed by atoms with E-state index in [-0.39, 0.29) is 18.8 Å². The molecule has 0 aliphatic carbocycles. The number of amides is 2. The zero-order valence-electron chi connectivity index (χ0n) is 11.2. The largest absolute Gasteiger partial charge is 0.418 e. The first-order chi connectivity index (χ1) is 9.15. The number of rotatable bonds is 4. The van der Waals surface area contributed by atoms with Gasteiger partial charge in [0.15, 0.2) is 0 Å². The Kier molecular flexibility index (Phi) is 4.99. The zero-order valence-corrected chi connectivity index (χ0v) is 11.2. The summed E-state index contributed by atoms with van der Waals surface area (Å²) >= 11 is 0. The van der Waals surface area contributed by atoms with E-state index < -0.39 is 23.2 Å². The predicted molar refractivity (Wildman–Crippen MR) is 69.3 cm³/mol. The van der Waals surface area contributed by atoms with Gasteiger partial charge in [-0.1, -0.05) is 26.0 Å². The number of anilines is 1. The van der Waals surface area contributed by atoms with Crippen molar-refractivity contribution in [2.45, 2.75) is 20.0 Å². The summed E-state index contributed by atoms with van der Waals surface area (Å²) in [6, 6.07) is 3.99. The van der Waals surface area contributed by atoms with Gasteiger partial charge < -0.3 is 15.7 Å². The topological polar surface area (TPSA) is 61.4 Å². The second-order valence-corrected chi connectivity index (χ2v) is 5.17. The summed E-state index contributed by atoms with van der Waals surface area (Å²) in [5.41, 5.74) is -1.75. The second kappa shape index (κ2) is 6.13. The van der Waals surface area contributed by atoms with Crippen LogP contribution in [-0.4, -0.2) is 24.3 Å². The second-order valence-electron chi connectivity index (χ2n) is 5.17. The van der Waals surface area contributed by atoms with Gasteiger partial charge in [-0.2, -0.15) is 13.2 Å². The van der Waals surface area contributed by atoms with Gasteiger partial charge >= 0.3 is 12.2 Å². The van der Waals surface area contributed by atoms with E-state index >= 15 is 0 Å². The first-order valence-corrected chi connectivity index (χ1v) is 5.98. The number of carbonyl (C=O) groups excluding carboxylic acids is 1. The molecular weight excluding hydrogens is 273 g/mol. The summed E-state index contributed by atoms with van der Waals surface area (Å²) in [5, 5.41) is 13.6. The molecule has 7 heteroatoms. The Morgan fingerprint density at radius 3 is 2.40 bits per heavy atom. The Morgan fingerprint density at radius 2 is 1.85 bits per heavy atom. The molecule has 3 N–H and O–H groups in total. The lowest BCUT2D eigenvalue weighted by Gasteiger charge is -2.22. The maximum atomic E-state index is 12.7. The molecule has 2 amide bonds. The van der Waals surface area contributed by atoms with Crippen LogP contribution >= 0.6 is 0 Å². The lowest BCUT2D eigenvalue weighted by molar-refractivity contribution is -0.136. The van der Waals surface area contributed by atoms with Gasteiger partial charge in [-0.05, 0) is 12.1 Å². The van der Waals surface area contributed by atoms with Gasteiger partial charge in [-0.15, -0.1) is 0 Å². The quantitative estimate of drug-likeness (QED) is 0.798. The number of benzene rings is 1. The summed E-state index contributed by atoms with van der Waals surface area (Å²) in [4.78, 5) is 11.6. The number of halogens is 3. The van der Waals surface area contributed by atoms with E-state index in [0.29, 0.717) is 0 Å². The fourth-order valence-electron chi connectivity index (χ4n) is 1.38. The minimum atomic E-state index is -4.53. The van der Waals surface area contributed by atoms with Crippen LogP contribution in [0.3, 0.4) is 0 Å². The van der Waals surface area contributed by atoms with Gasteiger partial charge in [0.1, 0.15) is 0 Å². The van der Waals surface area contributed by atoms with Gasteiger partial charge in [0, 0.05) is 18.6 Å². The molecule has 1 aromatic rings. The van der Waals surface area contributed by atoms with Crippen molar-refractivity contribution in [3.63, 3.8) is 0 Å². The maximum absolute atomic E-state index is 12.7. The molecule has 0 saturated heterocycles. The summed E-state index contributed by atoms with van der Waals surface area (Å²) < 4.78 is 38.2. The molecule has 0 radical (unpaired) electrons. The van der Waals surface area contributed by atoms with Crippen LogP contribution in [0, 0.1) is 5.41 Å². The highest BCUT2D eigenvalue weighted by Crippen LogP contribution is 2.34. The van der Waals surface area contributed by atoms with Crippen LogP contribution in [0.1, 0.15) is 19.4 Å². The molecule has 0 atom stereocenters. The standard InChI is InChI=1S/C13H17F3N2O2/c1-12(2,8-19)7-17-11(20)18-10-6-4-3-5-9(10)13(14,15)16/h3-6,19H,7-8H2,1-2H3,(H2,17,18,20). The first kappa shape index (κ1) is 16.3. The lowest BCUT2D eigenvalue weighted by atomic mass is 9.95. The number of urea groups is 1. The van der Waals surface area contributed by atoms with Crippen LogP contribution < -0.4 is 10.6 Å². The van der Waals surface area contributed by atoms with Gasteiger partial charge in [-0.25, -0.2) is 4.79 Å².